The van der Waals surface area contributed by atoms with Crippen molar-refractivity contribution in [3.8, 4) is 16.9 Å². The molecule has 0 aliphatic heterocycles. The van der Waals surface area contributed by atoms with Crippen LogP contribution in [0.1, 0.15) is 0 Å². The second-order valence-corrected chi connectivity index (χ2v) is 3.62. The third-order valence-electron chi connectivity index (χ3n) is 1.99. The van der Waals surface area contributed by atoms with Gasteiger partial charge in [0.25, 0.3) is 0 Å². The van der Waals surface area contributed by atoms with Crippen LogP contribution >= 0.6 is 15.9 Å². The SMILES string of the molecule is COc1ccc(-c2cn[nH]c2Br)cc1. The molecule has 0 bridgehead atoms. The lowest BCUT2D eigenvalue weighted by Crippen LogP contribution is -1.82. The molecule has 0 fully saturated rings. The van der Waals surface area contributed by atoms with Gasteiger partial charge in [0, 0.05) is 5.56 Å². The van der Waals surface area contributed by atoms with Gasteiger partial charge in [-0.15, -0.1) is 0 Å². The monoisotopic (exact) mass is 252 g/mol. The summed E-state index contributed by atoms with van der Waals surface area (Å²) in [4.78, 5) is 0. The van der Waals surface area contributed by atoms with E-state index in [0.29, 0.717) is 0 Å². The summed E-state index contributed by atoms with van der Waals surface area (Å²) >= 11 is 3.39. The number of rotatable bonds is 2. The Morgan fingerprint density at radius 3 is 2.50 bits per heavy atom. The van der Waals surface area contributed by atoms with Crippen LogP contribution in [0.3, 0.4) is 0 Å². The normalized spacial score (nSPS) is 10.1. The molecule has 0 atom stereocenters. The predicted octanol–water partition coefficient (Wildman–Crippen LogP) is 2.85. The summed E-state index contributed by atoms with van der Waals surface area (Å²) in [6.45, 7) is 0. The third kappa shape index (κ3) is 1.65. The van der Waals surface area contributed by atoms with Crippen LogP contribution in [0.2, 0.25) is 0 Å². The molecule has 3 nitrogen and oxygen atoms in total. The molecule has 1 N–H and O–H groups in total. The van der Waals surface area contributed by atoms with E-state index >= 15 is 0 Å². The van der Waals surface area contributed by atoms with Crippen LogP contribution in [0, 0.1) is 0 Å². The number of ether oxygens (including phenoxy) is 1. The maximum Gasteiger partial charge on any atom is 0.118 e. The van der Waals surface area contributed by atoms with Crippen LogP contribution < -0.4 is 4.74 Å². The number of nitrogens with one attached hydrogen (secondary N) is 1. The van der Waals surface area contributed by atoms with Crippen LogP contribution in [0.25, 0.3) is 11.1 Å². The Morgan fingerprint density at radius 1 is 1.29 bits per heavy atom. The average molecular weight is 253 g/mol. The van der Waals surface area contributed by atoms with E-state index in [4.69, 9.17) is 4.74 Å². The minimum Gasteiger partial charge on any atom is -0.497 e. The lowest BCUT2D eigenvalue weighted by molar-refractivity contribution is 0.415. The van der Waals surface area contributed by atoms with Gasteiger partial charge < -0.3 is 4.74 Å². The van der Waals surface area contributed by atoms with Crippen molar-refractivity contribution in [3.63, 3.8) is 0 Å². The molecule has 0 amide bonds. The molecule has 1 aromatic carbocycles. The first-order valence-corrected chi connectivity index (χ1v) is 4.94. The van der Waals surface area contributed by atoms with Gasteiger partial charge in [0.1, 0.15) is 10.4 Å². The molecule has 0 spiro atoms. The van der Waals surface area contributed by atoms with Gasteiger partial charge in [0.2, 0.25) is 0 Å². The van der Waals surface area contributed by atoms with Crippen molar-refractivity contribution in [3.05, 3.63) is 35.1 Å². The second-order valence-electron chi connectivity index (χ2n) is 2.83. The molecule has 72 valence electrons. The van der Waals surface area contributed by atoms with Gasteiger partial charge in [-0.1, -0.05) is 12.1 Å². The smallest absolute Gasteiger partial charge is 0.118 e. The van der Waals surface area contributed by atoms with E-state index in [2.05, 4.69) is 26.1 Å². The Labute approximate surface area is 90.2 Å². The van der Waals surface area contributed by atoms with Crippen LogP contribution in [0.15, 0.2) is 35.1 Å². The zero-order valence-corrected chi connectivity index (χ0v) is 9.21. The standard InChI is InChI=1S/C10H9BrN2O/c1-14-8-4-2-7(3-5-8)9-6-12-13-10(9)11/h2-6H,1H3,(H,12,13). The lowest BCUT2D eigenvalue weighted by Gasteiger charge is -2.01. The Morgan fingerprint density at radius 2 is 2.00 bits per heavy atom. The molecule has 2 aromatic rings. The molecule has 1 heterocycles. The number of methoxy groups -OCH3 is 1. The van der Waals surface area contributed by atoms with Crippen LogP contribution in [0.5, 0.6) is 5.75 Å². The Hall–Kier alpha value is -1.29. The van der Waals surface area contributed by atoms with Crippen LogP contribution in [-0.4, -0.2) is 17.3 Å². The number of nitrogens with zero attached hydrogens (tertiary/aromatic N) is 1. The van der Waals surface area contributed by atoms with E-state index in [-0.39, 0.29) is 0 Å². The number of hydrogen-bond donors (Lipinski definition) is 1. The van der Waals surface area contributed by atoms with Crippen molar-refractivity contribution < 1.29 is 4.74 Å². The largest absolute Gasteiger partial charge is 0.497 e. The van der Waals surface area contributed by atoms with Crippen molar-refractivity contribution in [1.82, 2.24) is 10.2 Å². The number of hydrogen-bond acceptors (Lipinski definition) is 2. The minimum absolute atomic E-state index is 0.855. The summed E-state index contributed by atoms with van der Waals surface area (Å²) in [6.07, 6.45) is 1.78. The third-order valence-corrected chi connectivity index (χ3v) is 2.60. The first kappa shape index (κ1) is 9.27. The van der Waals surface area contributed by atoms with Gasteiger partial charge in [-0.2, -0.15) is 5.10 Å². The summed E-state index contributed by atoms with van der Waals surface area (Å²) in [5.41, 5.74) is 2.15. The molecule has 0 aliphatic rings. The van der Waals surface area contributed by atoms with E-state index in [1.54, 1.807) is 13.3 Å². The van der Waals surface area contributed by atoms with E-state index in [1.165, 1.54) is 0 Å². The average Bonchev–Trinajstić information content (AvgIpc) is 2.65. The Bertz CT molecular complexity index is 422. The second kappa shape index (κ2) is 3.84. The molecule has 0 saturated heterocycles. The van der Waals surface area contributed by atoms with Crippen molar-refractivity contribution >= 4 is 15.9 Å². The fourth-order valence-electron chi connectivity index (χ4n) is 1.24. The number of benzene rings is 1. The van der Waals surface area contributed by atoms with Gasteiger partial charge >= 0.3 is 0 Å². The van der Waals surface area contributed by atoms with Crippen molar-refractivity contribution in [1.29, 1.82) is 0 Å². The maximum atomic E-state index is 5.08. The molecule has 0 aliphatic carbocycles. The zero-order valence-electron chi connectivity index (χ0n) is 7.62. The van der Waals surface area contributed by atoms with Crippen LogP contribution in [-0.2, 0) is 0 Å². The quantitative estimate of drug-likeness (QED) is 0.893. The molecular weight excluding hydrogens is 244 g/mol. The zero-order chi connectivity index (χ0) is 9.97. The van der Waals surface area contributed by atoms with Gasteiger partial charge in [-0.25, -0.2) is 0 Å². The summed E-state index contributed by atoms with van der Waals surface area (Å²) in [5.74, 6) is 0.855. The van der Waals surface area contributed by atoms with Gasteiger partial charge in [0.15, 0.2) is 0 Å². The van der Waals surface area contributed by atoms with E-state index in [0.717, 1.165) is 21.5 Å². The molecule has 0 unspecified atom stereocenters. The summed E-state index contributed by atoms with van der Waals surface area (Å²) in [5, 5.41) is 6.77. The molecule has 0 radical (unpaired) electrons. The summed E-state index contributed by atoms with van der Waals surface area (Å²) in [6, 6.07) is 7.84. The predicted molar refractivity (Wildman–Crippen MR) is 58.3 cm³/mol. The van der Waals surface area contributed by atoms with Gasteiger partial charge in [-0.3, -0.25) is 5.10 Å². The molecule has 2 rings (SSSR count). The van der Waals surface area contributed by atoms with Crippen molar-refractivity contribution in [2.24, 2.45) is 0 Å². The summed E-state index contributed by atoms with van der Waals surface area (Å²) in [7, 11) is 1.66. The molecule has 4 heteroatoms. The van der Waals surface area contributed by atoms with E-state index in [9.17, 15) is 0 Å². The highest BCUT2D eigenvalue weighted by molar-refractivity contribution is 9.10. The fourth-order valence-corrected chi connectivity index (χ4v) is 1.68. The minimum atomic E-state index is 0.855. The Balaban J connectivity index is 2.39. The van der Waals surface area contributed by atoms with Gasteiger partial charge in [-0.05, 0) is 33.6 Å². The number of H-pyrrole nitrogens is 1. The Kier molecular flexibility index (Phi) is 2.54. The summed E-state index contributed by atoms with van der Waals surface area (Å²) < 4.78 is 5.97. The molecule has 0 saturated carbocycles. The topological polar surface area (TPSA) is 37.9 Å². The first-order chi connectivity index (χ1) is 6.81. The first-order valence-electron chi connectivity index (χ1n) is 4.14. The molecule has 1 aromatic heterocycles. The fraction of sp³-hybridized carbons (Fsp3) is 0.100. The number of halogens is 1. The molecular formula is C10H9BrN2O. The van der Waals surface area contributed by atoms with E-state index in [1.807, 2.05) is 24.3 Å². The lowest BCUT2D eigenvalue weighted by atomic mass is 10.1. The van der Waals surface area contributed by atoms with E-state index < -0.39 is 0 Å². The van der Waals surface area contributed by atoms with Crippen LogP contribution in [0.4, 0.5) is 0 Å². The maximum absolute atomic E-state index is 5.08. The number of aromatic amines is 1. The van der Waals surface area contributed by atoms with Crippen molar-refractivity contribution in [2.75, 3.05) is 7.11 Å². The van der Waals surface area contributed by atoms with Gasteiger partial charge in [0.05, 0.1) is 13.3 Å². The highest BCUT2D eigenvalue weighted by Gasteiger charge is 2.04. The van der Waals surface area contributed by atoms with Crippen molar-refractivity contribution in [2.45, 2.75) is 0 Å². The molecule has 14 heavy (non-hydrogen) atoms. The highest BCUT2D eigenvalue weighted by Crippen LogP contribution is 2.27. The number of aromatic nitrogens is 2. The highest BCUT2D eigenvalue weighted by atomic mass is 79.9.